The molecular formula is C16H12ClFN2O2. The molecule has 6 heteroatoms. The summed E-state index contributed by atoms with van der Waals surface area (Å²) in [4.78, 5) is 25.7. The molecule has 1 atom stereocenters. The molecule has 1 fully saturated rings. The van der Waals surface area contributed by atoms with Crippen molar-refractivity contribution >= 4 is 29.2 Å². The molecular weight excluding hydrogens is 307 g/mol. The summed E-state index contributed by atoms with van der Waals surface area (Å²) in [6.07, 6.45) is 0. The van der Waals surface area contributed by atoms with Crippen molar-refractivity contribution in [2.75, 3.05) is 4.90 Å². The Morgan fingerprint density at radius 2 is 1.95 bits per heavy atom. The Kier molecular flexibility index (Phi) is 3.58. The summed E-state index contributed by atoms with van der Waals surface area (Å²) < 4.78 is 13.3. The van der Waals surface area contributed by atoms with Gasteiger partial charge in [-0.05, 0) is 42.3 Å². The number of nitrogens with zero attached hydrogens (tertiary/aromatic N) is 1. The van der Waals surface area contributed by atoms with Crippen molar-refractivity contribution in [1.29, 1.82) is 0 Å². The summed E-state index contributed by atoms with van der Waals surface area (Å²) in [5.41, 5.74) is 1.36. The average molecular weight is 319 g/mol. The first kappa shape index (κ1) is 14.5. The monoisotopic (exact) mass is 318 g/mol. The maximum absolute atomic E-state index is 13.3. The van der Waals surface area contributed by atoms with E-state index in [0.717, 1.165) is 4.90 Å². The average Bonchev–Trinajstić information content (AvgIpc) is 2.77. The molecule has 22 heavy (non-hydrogen) atoms. The predicted octanol–water partition coefficient (Wildman–Crippen LogP) is 3.59. The first-order valence-electron chi connectivity index (χ1n) is 6.63. The van der Waals surface area contributed by atoms with Crippen molar-refractivity contribution in [1.82, 2.24) is 5.32 Å². The van der Waals surface area contributed by atoms with Gasteiger partial charge in [0.2, 0.25) is 0 Å². The van der Waals surface area contributed by atoms with Gasteiger partial charge in [-0.2, -0.15) is 0 Å². The van der Waals surface area contributed by atoms with Crippen LogP contribution in [-0.2, 0) is 4.79 Å². The van der Waals surface area contributed by atoms with Crippen LogP contribution in [0.3, 0.4) is 0 Å². The largest absolute Gasteiger partial charge is 0.329 e. The molecule has 3 rings (SSSR count). The number of urea groups is 1. The number of imide groups is 1. The number of carbonyl (C=O) groups is 2. The highest BCUT2D eigenvalue weighted by Gasteiger charge is 2.40. The van der Waals surface area contributed by atoms with Gasteiger partial charge in [0, 0.05) is 5.02 Å². The number of rotatable bonds is 2. The van der Waals surface area contributed by atoms with Crippen LogP contribution in [0.1, 0.15) is 17.2 Å². The number of amides is 3. The fraction of sp³-hybridized carbons (Fsp3) is 0.125. The van der Waals surface area contributed by atoms with Crippen LogP contribution in [0.25, 0.3) is 0 Å². The highest BCUT2D eigenvalue weighted by molar-refractivity contribution is 6.31. The Balaban J connectivity index is 1.96. The number of aryl methyl sites for hydroxylation is 1. The third-order valence-corrected chi connectivity index (χ3v) is 3.76. The van der Waals surface area contributed by atoms with Crippen LogP contribution in [0.4, 0.5) is 14.9 Å². The minimum absolute atomic E-state index is 0.354. The zero-order chi connectivity index (χ0) is 15.9. The fourth-order valence-corrected chi connectivity index (χ4v) is 2.60. The number of anilines is 1. The molecule has 2 aromatic carbocycles. The summed E-state index contributed by atoms with van der Waals surface area (Å²) in [5.74, 6) is -0.773. The van der Waals surface area contributed by atoms with Crippen molar-refractivity contribution in [3.8, 4) is 0 Å². The van der Waals surface area contributed by atoms with Crippen molar-refractivity contribution in [3.05, 3.63) is 64.4 Å². The van der Waals surface area contributed by atoms with E-state index in [-0.39, 0.29) is 5.82 Å². The number of benzene rings is 2. The van der Waals surface area contributed by atoms with E-state index < -0.39 is 18.0 Å². The summed E-state index contributed by atoms with van der Waals surface area (Å²) in [6, 6.07) is 9.46. The normalized spacial score (nSPS) is 17.8. The second-order valence-electron chi connectivity index (χ2n) is 5.04. The molecule has 2 aromatic rings. The lowest BCUT2D eigenvalue weighted by Crippen LogP contribution is -2.30. The molecule has 112 valence electrons. The van der Waals surface area contributed by atoms with Gasteiger partial charge in [-0.1, -0.05) is 29.8 Å². The van der Waals surface area contributed by atoms with Crippen LogP contribution in [0.15, 0.2) is 42.5 Å². The van der Waals surface area contributed by atoms with Crippen LogP contribution in [-0.4, -0.2) is 11.9 Å². The van der Waals surface area contributed by atoms with Gasteiger partial charge in [-0.25, -0.2) is 14.1 Å². The summed E-state index contributed by atoms with van der Waals surface area (Å²) in [7, 11) is 0. The molecule has 0 saturated carbocycles. The van der Waals surface area contributed by atoms with E-state index in [1.54, 1.807) is 31.2 Å². The Labute approximate surface area is 131 Å². The van der Waals surface area contributed by atoms with Crippen LogP contribution < -0.4 is 10.2 Å². The topological polar surface area (TPSA) is 49.4 Å². The quantitative estimate of drug-likeness (QED) is 0.860. The zero-order valence-corrected chi connectivity index (χ0v) is 12.4. The third-order valence-electron chi connectivity index (χ3n) is 3.52. The molecule has 0 radical (unpaired) electrons. The second kappa shape index (κ2) is 5.42. The molecule has 1 heterocycles. The predicted molar refractivity (Wildman–Crippen MR) is 81.3 cm³/mol. The molecule has 1 N–H and O–H groups in total. The number of nitrogens with one attached hydrogen (secondary N) is 1. The third kappa shape index (κ3) is 2.44. The van der Waals surface area contributed by atoms with Gasteiger partial charge >= 0.3 is 6.03 Å². The zero-order valence-electron chi connectivity index (χ0n) is 11.6. The lowest BCUT2D eigenvalue weighted by molar-refractivity contribution is -0.118. The molecule has 0 aromatic heterocycles. The fourth-order valence-electron chi connectivity index (χ4n) is 2.41. The van der Waals surface area contributed by atoms with Gasteiger partial charge in [0.25, 0.3) is 5.91 Å². The van der Waals surface area contributed by atoms with Gasteiger partial charge in [0.05, 0.1) is 5.69 Å². The van der Waals surface area contributed by atoms with Crippen molar-refractivity contribution in [2.45, 2.75) is 13.0 Å². The Bertz CT molecular complexity index is 778. The van der Waals surface area contributed by atoms with Crippen LogP contribution in [0.5, 0.6) is 0 Å². The Morgan fingerprint density at radius 1 is 1.18 bits per heavy atom. The van der Waals surface area contributed by atoms with E-state index in [2.05, 4.69) is 5.32 Å². The molecule has 0 aliphatic carbocycles. The minimum atomic E-state index is -0.828. The first-order chi connectivity index (χ1) is 10.5. The van der Waals surface area contributed by atoms with E-state index in [1.165, 1.54) is 18.2 Å². The lowest BCUT2D eigenvalue weighted by atomic mass is 10.0. The molecule has 0 spiro atoms. The van der Waals surface area contributed by atoms with Crippen LogP contribution in [0.2, 0.25) is 5.02 Å². The highest BCUT2D eigenvalue weighted by atomic mass is 35.5. The molecule has 4 nitrogen and oxygen atoms in total. The van der Waals surface area contributed by atoms with Gasteiger partial charge in [0.15, 0.2) is 0 Å². The first-order valence-corrected chi connectivity index (χ1v) is 7.01. The van der Waals surface area contributed by atoms with Gasteiger partial charge in [-0.15, -0.1) is 0 Å². The van der Waals surface area contributed by atoms with E-state index in [9.17, 15) is 14.0 Å². The molecule has 0 bridgehead atoms. The standard InChI is InChI=1S/C16H12ClFN2O2/c1-9-7-10(5-6-13(9)18)14-15(21)20(16(22)19-14)12-4-2-3-11(17)8-12/h2-8,14H,1H3,(H,19,22). The molecule has 1 aliphatic heterocycles. The van der Waals surface area contributed by atoms with Gasteiger partial charge in [0.1, 0.15) is 11.9 Å². The Morgan fingerprint density at radius 3 is 2.64 bits per heavy atom. The van der Waals surface area contributed by atoms with Crippen molar-refractivity contribution < 1.29 is 14.0 Å². The maximum atomic E-state index is 13.3. The Hall–Kier alpha value is -2.40. The summed E-state index contributed by atoms with van der Waals surface area (Å²) >= 11 is 5.90. The molecule has 1 aliphatic rings. The van der Waals surface area contributed by atoms with Crippen molar-refractivity contribution in [3.63, 3.8) is 0 Å². The number of carbonyl (C=O) groups excluding carboxylic acids is 2. The SMILES string of the molecule is Cc1cc(C2NC(=O)N(c3cccc(Cl)c3)C2=O)ccc1F. The van der Waals surface area contributed by atoms with Gasteiger partial charge in [-0.3, -0.25) is 4.79 Å². The van der Waals surface area contributed by atoms with Crippen LogP contribution in [0, 0.1) is 12.7 Å². The van der Waals surface area contributed by atoms with Crippen LogP contribution >= 0.6 is 11.6 Å². The molecule has 1 unspecified atom stereocenters. The lowest BCUT2D eigenvalue weighted by Gasteiger charge is -2.13. The van der Waals surface area contributed by atoms with E-state index >= 15 is 0 Å². The van der Waals surface area contributed by atoms with E-state index in [4.69, 9.17) is 11.6 Å². The summed E-state index contributed by atoms with van der Waals surface area (Å²) in [6.45, 7) is 1.61. The maximum Gasteiger partial charge on any atom is 0.329 e. The highest BCUT2D eigenvalue weighted by Crippen LogP contribution is 2.29. The smallest absolute Gasteiger partial charge is 0.321 e. The molecule has 1 saturated heterocycles. The molecule has 3 amide bonds. The number of hydrogen-bond donors (Lipinski definition) is 1. The second-order valence-corrected chi connectivity index (χ2v) is 5.48. The minimum Gasteiger partial charge on any atom is -0.321 e. The van der Waals surface area contributed by atoms with Crippen molar-refractivity contribution in [2.24, 2.45) is 0 Å². The van der Waals surface area contributed by atoms with Gasteiger partial charge < -0.3 is 5.32 Å². The van der Waals surface area contributed by atoms with E-state index in [1.807, 2.05) is 0 Å². The summed E-state index contributed by atoms with van der Waals surface area (Å²) in [5, 5.41) is 3.04. The van der Waals surface area contributed by atoms with E-state index in [0.29, 0.717) is 21.8 Å². The number of halogens is 2. The number of hydrogen-bond acceptors (Lipinski definition) is 2.